The lowest BCUT2D eigenvalue weighted by molar-refractivity contribution is -0.129. The highest BCUT2D eigenvalue weighted by Gasteiger charge is 2.24. The van der Waals surface area contributed by atoms with Crippen molar-refractivity contribution in [2.75, 3.05) is 7.11 Å². The molecule has 0 atom stereocenters. The van der Waals surface area contributed by atoms with Gasteiger partial charge in [0.2, 0.25) is 5.90 Å². The molecule has 0 unspecified atom stereocenters. The number of ether oxygens (including phenoxy) is 3. The molecule has 0 saturated heterocycles. The molecule has 0 aromatic heterocycles. The van der Waals surface area contributed by atoms with Crippen molar-refractivity contribution in [3.8, 4) is 11.5 Å². The third-order valence-electron chi connectivity index (χ3n) is 4.49. The monoisotopic (exact) mass is 481 g/mol. The van der Waals surface area contributed by atoms with E-state index in [2.05, 4.69) is 20.9 Å². The molecular weight excluding hydrogens is 465 g/mol. The molecule has 0 bridgehead atoms. The Morgan fingerprint density at radius 3 is 2.61 bits per heavy atom. The summed E-state index contributed by atoms with van der Waals surface area (Å²) in [6.07, 6.45) is 1.62. The van der Waals surface area contributed by atoms with Crippen LogP contribution >= 0.6 is 15.9 Å². The van der Waals surface area contributed by atoms with Crippen molar-refractivity contribution in [1.82, 2.24) is 0 Å². The van der Waals surface area contributed by atoms with E-state index in [0.29, 0.717) is 22.6 Å². The third-order valence-corrected chi connectivity index (χ3v) is 4.98. The van der Waals surface area contributed by atoms with Gasteiger partial charge in [-0.25, -0.2) is 14.2 Å². The standard InChI is InChI=1S/C24H17BrFNO4/c1-29-21-10-7-16(12-22(21)30-14-15-5-8-19(26)9-6-15)11-20-24(28)31-23(27-20)17-3-2-4-18(25)13-17/h2-13H,14H2,1H3. The molecule has 156 valence electrons. The zero-order chi connectivity index (χ0) is 21.8. The third kappa shape index (κ3) is 5.00. The molecule has 1 aliphatic heterocycles. The van der Waals surface area contributed by atoms with Crippen LogP contribution in [0.5, 0.6) is 11.5 Å². The maximum absolute atomic E-state index is 13.1. The van der Waals surface area contributed by atoms with Crippen LogP contribution < -0.4 is 9.47 Å². The van der Waals surface area contributed by atoms with Crippen LogP contribution in [0.2, 0.25) is 0 Å². The van der Waals surface area contributed by atoms with Crippen molar-refractivity contribution in [1.29, 1.82) is 0 Å². The van der Waals surface area contributed by atoms with Crippen LogP contribution in [0, 0.1) is 5.82 Å². The number of carbonyl (C=O) groups excluding carboxylic acids is 1. The van der Waals surface area contributed by atoms with Gasteiger partial charge in [-0.15, -0.1) is 0 Å². The van der Waals surface area contributed by atoms with Crippen molar-refractivity contribution in [3.05, 3.63) is 99.4 Å². The second-order valence-electron chi connectivity index (χ2n) is 6.67. The highest BCUT2D eigenvalue weighted by molar-refractivity contribution is 9.10. The van der Waals surface area contributed by atoms with E-state index in [9.17, 15) is 9.18 Å². The van der Waals surface area contributed by atoms with Gasteiger partial charge in [-0.3, -0.25) is 0 Å². The minimum Gasteiger partial charge on any atom is -0.493 e. The van der Waals surface area contributed by atoms with Gasteiger partial charge in [0.25, 0.3) is 0 Å². The minimum absolute atomic E-state index is 0.185. The van der Waals surface area contributed by atoms with E-state index in [-0.39, 0.29) is 24.0 Å². The van der Waals surface area contributed by atoms with E-state index >= 15 is 0 Å². The molecule has 0 aliphatic carbocycles. The Bertz CT molecular complexity index is 1190. The fraction of sp³-hybridized carbons (Fsp3) is 0.0833. The van der Waals surface area contributed by atoms with Gasteiger partial charge < -0.3 is 14.2 Å². The van der Waals surface area contributed by atoms with E-state index in [0.717, 1.165) is 10.0 Å². The average Bonchev–Trinajstić information content (AvgIpc) is 3.14. The summed E-state index contributed by atoms with van der Waals surface area (Å²) in [7, 11) is 1.54. The van der Waals surface area contributed by atoms with Crippen LogP contribution in [0.15, 0.2) is 81.9 Å². The molecule has 3 aromatic rings. The summed E-state index contributed by atoms with van der Waals surface area (Å²) in [6.45, 7) is 0.240. The number of hydrogen-bond donors (Lipinski definition) is 0. The SMILES string of the molecule is COc1ccc(C=C2N=C(c3cccc(Br)c3)OC2=O)cc1OCc1ccc(F)cc1. The summed E-state index contributed by atoms with van der Waals surface area (Å²) < 4.78 is 30.5. The zero-order valence-corrected chi connectivity index (χ0v) is 18.1. The fourth-order valence-electron chi connectivity index (χ4n) is 2.95. The maximum atomic E-state index is 13.1. The first kappa shape index (κ1) is 20.8. The van der Waals surface area contributed by atoms with Gasteiger partial charge in [-0.05, 0) is 59.7 Å². The van der Waals surface area contributed by atoms with Gasteiger partial charge in [0, 0.05) is 10.0 Å². The Kier molecular flexibility index (Phi) is 6.13. The number of aliphatic imine (C=N–C) groups is 1. The first-order chi connectivity index (χ1) is 15.0. The van der Waals surface area contributed by atoms with Crippen LogP contribution in [0.3, 0.4) is 0 Å². The minimum atomic E-state index is -0.528. The van der Waals surface area contributed by atoms with Crippen molar-refractivity contribution in [3.63, 3.8) is 0 Å². The predicted octanol–water partition coefficient (Wildman–Crippen LogP) is 5.52. The Morgan fingerprint density at radius 2 is 1.87 bits per heavy atom. The lowest BCUT2D eigenvalue weighted by Gasteiger charge is -2.11. The molecule has 31 heavy (non-hydrogen) atoms. The van der Waals surface area contributed by atoms with E-state index in [1.807, 2.05) is 24.3 Å². The number of carbonyl (C=O) groups is 1. The summed E-state index contributed by atoms with van der Waals surface area (Å²) in [5.74, 6) is 0.444. The van der Waals surface area contributed by atoms with Gasteiger partial charge in [0.15, 0.2) is 17.2 Å². The summed E-state index contributed by atoms with van der Waals surface area (Å²) in [5.41, 5.74) is 2.39. The lowest BCUT2D eigenvalue weighted by atomic mass is 10.1. The van der Waals surface area contributed by atoms with E-state index in [4.69, 9.17) is 14.2 Å². The number of halogens is 2. The summed E-state index contributed by atoms with van der Waals surface area (Å²) in [5, 5.41) is 0. The number of esters is 1. The van der Waals surface area contributed by atoms with E-state index in [1.54, 1.807) is 43.5 Å². The number of methoxy groups -OCH3 is 1. The normalized spacial score (nSPS) is 14.4. The first-order valence-electron chi connectivity index (χ1n) is 9.35. The first-order valence-corrected chi connectivity index (χ1v) is 10.1. The highest BCUT2D eigenvalue weighted by atomic mass is 79.9. The predicted molar refractivity (Wildman–Crippen MR) is 118 cm³/mol. The van der Waals surface area contributed by atoms with Crippen LogP contribution in [-0.4, -0.2) is 19.0 Å². The van der Waals surface area contributed by atoms with Crippen LogP contribution in [0.4, 0.5) is 4.39 Å². The molecule has 7 heteroatoms. The Labute approximate surface area is 186 Å². The zero-order valence-electron chi connectivity index (χ0n) is 16.5. The van der Waals surface area contributed by atoms with Crippen LogP contribution in [-0.2, 0) is 16.1 Å². The number of cyclic esters (lactones) is 1. The van der Waals surface area contributed by atoms with Crippen molar-refractivity contribution in [2.24, 2.45) is 4.99 Å². The smallest absolute Gasteiger partial charge is 0.363 e. The Hall–Kier alpha value is -3.45. The van der Waals surface area contributed by atoms with Gasteiger partial charge in [0.05, 0.1) is 7.11 Å². The molecule has 0 saturated carbocycles. The molecule has 0 radical (unpaired) electrons. The fourth-order valence-corrected chi connectivity index (χ4v) is 3.35. The maximum Gasteiger partial charge on any atom is 0.363 e. The van der Waals surface area contributed by atoms with Gasteiger partial charge >= 0.3 is 5.97 Å². The highest BCUT2D eigenvalue weighted by Crippen LogP contribution is 2.30. The molecule has 0 spiro atoms. The molecular formula is C24H17BrFNO4. The lowest BCUT2D eigenvalue weighted by Crippen LogP contribution is -2.05. The van der Waals surface area contributed by atoms with E-state index in [1.165, 1.54) is 12.1 Å². The summed E-state index contributed by atoms with van der Waals surface area (Å²) in [6, 6.07) is 18.7. The largest absolute Gasteiger partial charge is 0.493 e. The number of nitrogens with zero attached hydrogens (tertiary/aromatic N) is 1. The Balaban J connectivity index is 1.57. The average molecular weight is 482 g/mol. The second-order valence-corrected chi connectivity index (χ2v) is 7.59. The molecule has 1 aliphatic rings. The second kappa shape index (κ2) is 9.14. The summed E-state index contributed by atoms with van der Waals surface area (Å²) >= 11 is 3.40. The molecule has 0 N–H and O–H groups in total. The topological polar surface area (TPSA) is 57.1 Å². The van der Waals surface area contributed by atoms with E-state index < -0.39 is 5.97 Å². The van der Waals surface area contributed by atoms with Crippen molar-refractivity contribution < 1.29 is 23.4 Å². The molecule has 1 heterocycles. The summed E-state index contributed by atoms with van der Waals surface area (Å²) in [4.78, 5) is 16.6. The van der Waals surface area contributed by atoms with Crippen molar-refractivity contribution in [2.45, 2.75) is 6.61 Å². The van der Waals surface area contributed by atoms with Gasteiger partial charge in [-0.2, -0.15) is 0 Å². The number of hydrogen-bond acceptors (Lipinski definition) is 5. The van der Waals surface area contributed by atoms with Crippen LogP contribution in [0.1, 0.15) is 16.7 Å². The molecule has 5 nitrogen and oxygen atoms in total. The molecule has 3 aromatic carbocycles. The number of benzene rings is 3. The molecule has 4 rings (SSSR count). The number of rotatable bonds is 6. The van der Waals surface area contributed by atoms with Gasteiger partial charge in [0.1, 0.15) is 12.4 Å². The Morgan fingerprint density at radius 1 is 1.06 bits per heavy atom. The van der Waals surface area contributed by atoms with Crippen LogP contribution in [0.25, 0.3) is 6.08 Å². The molecule has 0 amide bonds. The quantitative estimate of drug-likeness (QED) is 0.343. The molecule has 0 fully saturated rings. The van der Waals surface area contributed by atoms with Crippen molar-refractivity contribution >= 4 is 33.9 Å². The van der Waals surface area contributed by atoms with Gasteiger partial charge in [-0.1, -0.05) is 40.2 Å².